The van der Waals surface area contributed by atoms with Crippen molar-refractivity contribution in [3.05, 3.63) is 57.5 Å². The number of benzene rings is 1. The molecule has 0 unspecified atom stereocenters. The molecule has 4 rings (SSSR count). The number of para-hydroxylation sites is 1. The van der Waals surface area contributed by atoms with Crippen molar-refractivity contribution in [2.24, 2.45) is 0 Å². The van der Waals surface area contributed by atoms with Crippen LogP contribution in [0, 0.1) is 5.41 Å². The summed E-state index contributed by atoms with van der Waals surface area (Å²) in [5.74, 6) is -0.906. The predicted octanol–water partition coefficient (Wildman–Crippen LogP) is 4.67. The average molecular weight is 410 g/mol. The molecule has 2 aromatic heterocycles. The van der Waals surface area contributed by atoms with E-state index in [0.29, 0.717) is 16.1 Å². The van der Waals surface area contributed by atoms with Gasteiger partial charge in [-0.05, 0) is 43.4 Å². The number of nitrogens with one attached hydrogen (secondary N) is 2. The van der Waals surface area contributed by atoms with Gasteiger partial charge in [-0.1, -0.05) is 31.0 Å². The third-order valence-electron chi connectivity index (χ3n) is 5.21. The van der Waals surface area contributed by atoms with E-state index in [1.165, 1.54) is 24.9 Å². The molecule has 0 fully saturated rings. The van der Waals surface area contributed by atoms with Gasteiger partial charge in [0.2, 0.25) is 5.55 Å². The third-order valence-corrected chi connectivity index (χ3v) is 6.42. The molecule has 0 saturated heterocycles. The summed E-state index contributed by atoms with van der Waals surface area (Å²) in [4.78, 5) is 26.6. The van der Waals surface area contributed by atoms with E-state index in [1.54, 1.807) is 12.1 Å². The highest BCUT2D eigenvalue weighted by Gasteiger charge is 2.26. The van der Waals surface area contributed by atoms with Crippen molar-refractivity contribution in [3.63, 3.8) is 0 Å². The number of aryl methyl sites for hydroxylation is 1. The van der Waals surface area contributed by atoms with Gasteiger partial charge in [0.25, 0.3) is 5.91 Å². The van der Waals surface area contributed by atoms with Crippen molar-refractivity contribution >= 4 is 39.2 Å². The molecule has 6 nitrogen and oxygen atoms in total. The Balaban J connectivity index is 1.73. The van der Waals surface area contributed by atoms with E-state index in [-0.39, 0.29) is 11.1 Å². The number of rotatable bonds is 3. The summed E-state index contributed by atoms with van der Waals surface area (Å²) < 4.78 is 10.5. The summed E-state index contributed by atoms with van der Waals surface area (Å²) in [7, 11) is 1.35. The molecule has 1 amide bonds. The minimum atomic E-state index is -0.469. The number of ether oxygens (including phenoxy) is 1. The van der Waals surface area contributed by atoms with Crippen LogP contribution in [0.3, 0.4) is 0 Å². The molecule has 0 bridgehead atoms. The molecule has 3 aromatic rings. The molecule has 2 N–H and O–H groups in total. The van der Waals surface area contributed by atoms with Crippen molar-refractivity contribution in [3.8, 4) is 0 Å². The maximum absolute atomic E-state index is 13.0. The van der Waals surface area contributed by atoms with Gasteiger partial charge in [-0.3, -0.25) is 10.2 Å². The standard InChI is InChI=1S/C22H22N2O4S/c1-27-22(26)18-14-9-4-2-3-5-11-17(14)29-21(18)24-20(25)15-12-13-8-6-7-10-16(13)28-19(15)23/h6-8,10,12,23H,2-5,9,11H2,1H3,(H,24,25). The molecule has 0 radical (unpaired) electrons. The fourth-order valence-corrected chi connectivity index (χ4v) is 5.02. The Labute approximate surface area is 172 Å². The van der Waals surface area contributed by atoms with Crippen molar-refractivity contribution < 1.29 is 18.7 Å². The Morgan fingerprint density at radius 3 is 2.69 bits per heavy atom. The van der Waals surface area contributed by atoms with Crippen LogP contribution in [-0.4, -0.2) is 19.0 Å². The van der Waals surface area contributed by atoms with Crippen LogP contribution in [-0.2, 0) is 17.6 Å². The summed E-state index contributed by atoms with van der Waals surface area (Å²) in [5.41, 5.74) is 1.90. The first-order valence-corrected chi connectivity index (χ1v) is 10.5. The Bertz CT molecular complexity index is 1150. The highest BCUT2D eigenvalue weighted by molar-refractivity contribution is 7.17. The number of methoxy groups -OCH3 is 1. The fourth-order valence-electron chi connectivity index (χ4n) is 3.74. The largest absolute Gasteiger partial charge is 0.465 e. The van der Waals surface area contributed by atoms with E-state index < -0.39 is 11.9 Å². The van der Waals surface area contributed by atoms with Crippen LogP contribution in [0.5, 0.6) is 0 Å². The number of hydrogen-bond acceptors (Lipinski definition) is 6. The summed E-state index contributed by atoms with van der Waals surface area (Å²) in [5, 5.41) is 12.2. The number of fused-ring (bicyclic) bond motifs is 2. The Morgan fingerprint density at radius 2 is 1.90 bits per heavy atom. The first-order chi connectivity index (χ1) is 14.1. The van der Waals surface area contributed by atoms with Gasteiger partial charge in [0.05, 0.1) is 12.7 Å². The molecule has 1 aliphatic carbocycles. The molecular weight excluding hydrogens is 388 g/mol. The second-order valence-corrected chi connectivity index (χ2v) is 8.20. The fraction of sp³-hybridized carbons (Fsp3) is 0.318. The minimum absolute atomic E-state index is 0.125. The van der Waals surface area contributed by atoms with E-state index in [4.69, 9.17) is 14.6 Å². The molecule has 0 aliphatic heterocycles. The minimum Gasteiger partial charge on any atom is -0.465 e. The van der Waals surface area contributed by atoms with Crippen LogP contribution in [0.15, 0.2) is 34.7 Å². The molecule has 150 valence electrons. The molecule has 0 atom stereocenters. The smallest absolute Gasteiger partial charge is 0.341 e. The third kappa shape index (κ3) is 3.82. The number of anilines is 1. The van der Waals surface area contributed by atoms with Crippen molar-refractivity contribution in [2.45, 2.75) is 38.5 Å². The number of hydrogen-bond donors (Lipinski definition) is 2. The molecule has 29 heavy (non-hydrogen) atoms. The van der Waals surface area contributed by atoms with Gasteiger partial charge in [-0.25, -0.2) is 4.79 Å². The van der Waals surface area contributed by atoms with Gasteiger partial charge in [0.1, 0.15) is 16.1 Å². The number of carbonyl (C=O) groups is 2. The first-order valence-electron chi connectivity index (χ1n) is 9.70. The lowest BCUT2D eigenvalue weighted by molar-refractivity contribution is 0.0601. The molecule has 1 aliphatic rings. The lowest BCUT2D eigenvalue weighted by Crippen LogP contribution is -2.21. The number of thiophene rings is 1. The van der Waals surface area contributed by atoms with Crippen LogP contribution in [0.2, 0.25) is 0 Å². The quantitative estimate of drug-likeness (QED) is 0.614. The van der Waals surface area contributed by atoms with Gasteiger partial charge in [-0.15, -0.1) is 11.3 Å². The van der Waals surface area contributed by atoms with E-state index >= 15 is 0 Å². The zero-order valence-corrected chi connectivity index (χ0v) is 17.0. The number of amides is 1. The average Bonchev–Trinajstić information content (AvgIpc) is 3.02. The van der Waals surface area contributed by atoms with E-state index in [9.17, 15) is 9.59 Å². The van der Waals surface area contributed by atoms with Crippen molar-refractivity contribution in [1.29, 1.82) is 5.41 Å². The first kappa shape index (κ1) is 19.4. The van der Waals surface area contributed by atoms with Crippen molar-refractivity contribution in [1.82, 2.24) is 0 Å². The monoisotopic (exact) mass is 410 g/mol. The zero-order valence-electron chi connectivity index (χ0n) is 16.2. The van der Waals surface area contributed by atoms with Crippen LogP contribution < -0.4 is 10.9 Å². The van der Waals surface area contributed by atoms with E-state index in [2.05, 4.69) is 5.32 Å². The highest BCUT2D eigenvalue weighted by atomic mass is 32.1. The van der Waals surface area contributed by atoms with Crippen LogP contribution in [0.4, 0.5) is 5.00 Å². The molecule has 0 spiro atoms. The van der Waals surface area contributed by atoms with Gasteiger partial charge < -0.3 is 14.5 Å². The van der Waals surface area contributed by atoms with Gasteiger partial charge in [-0.2, -0.15) is 0 Å². The van der Waals surface area contributed by atoms with Gasteiger partial charge >= 0.3 is 5.97 Å². The Morgan fingerprint density at radius 1 is 1.14 bits per heavy atom. The van der Waals surface area contributed by atoms with Gasteiger partial charge in [0, 0.05) is 10.3 Å². The highest BCUT2D eigenvalue weighted by Crippen LogP contribution is 2.37. The Hall–Kier alpha value is -2.93. The molecule has 2 heterocycles. The number of carbonyl (C=O) groups excluding carboxylic acids is 2. The summed E-state index contributed by atoms with van der Waals surface area (Å²) in [6, 6.07) is 8.88. The SMILES string of the molecule is COC(=O)c1c(NC(=O)c2cc3ccccc3oc2=N)sc2c1CCCCCC2. The molecule has 0 saturated carbocycles. The lowest BCUT2D eigenvalue weighted by Gasteiger charge is -2.11. The molecule has 1 aromatic carbocycles. The summed E-state index contributed by atoms with van der Waals surface area (Å²) >= 11 is 1.44. The lowest BCUT2D eigenvalue weighted by atomic mass is 9.96. The Kier molecular flexibility index (Phi) is 5.49. The molecule has 7 heteroatoms. The number of esters is 1. The second-order valence-electron chi connectivity index (χ2n) is 7.09. The normalized spacial score (nSPS) is 14.0. The molecular formula is C22H22N2O4S. The maximum Gasteiger partial charge on any atom is 0.341 e. The predicted molar refractivity (Wildman–Crippen MR) is 112 cm³/mol. The zero-order chi connectivity index (χ0) is 20.4. The van der Waals surface area contributed by atoms with E-state index in [1.807, 2.05) is 18.2 Å². The van der Waals surface area contributed by atoms with Crippen molar-refractivity contribution in [2.75, 3.05) is 12.4 Å². The topological polar surface area (TPSA) is 92.4 Å². The van der Waals surface area contributed by atoms with Gasteiger partial charge in [0.15, 0.2) is 0 Å². The summed E-state index contributed by atoms with van der Waals surface area (Å²) in [6.45, 7) is 0. The van der Waals surface area contributed by atoms with E-state index in [0.717, 1.165) is 47.9 Å². The van der Waals surface area contributed by atoms with Crippen LogP contribution in [0.1, 0.15) is 56.8 Å². The maximum atomic E-state index is 13.0. The summed E-state index contributed by atoms with van der Waals surface area (Å²) in [6.07, 6.45) is 6.10. The van der Waals surface area contributed by atoms with Crippen LogP contribution in [0.25, 0.3) is 11.0 Å². The second kappa shape index (κ2) is 8.21. The van der Waals surface area contributed by atoms with Crippen LogP contribution >= 0.6 is 11.3 Å².